The number of carbonyl (C=O) groups is 1. The van der Waals surface area contributed by atoms with E-state index in [-0.39, 0.29) is 5.92 Å². The van der Waals surface area contributed by atoms with Crippen molar-refractivity contribution in [2.75, 3.05) is 39.3 Å². The molecule has 0 bridgehead atoms. The van der Waals surface area contributed by atoms with Crippen LogP contribution in [0.5, 0.6) is 5.75 Å². The number of halogens is 1. The van der Waals surface area contributed by atoms with E-state index in [9.17, 15) is 4.79 Å². The molecular weight excluding hydrogens is 324 g/mol. The van der Waals surface area contributed by atoms with E-state index < -0.39 is 0 Å². The molecule has 2 aliphatic rings. The maximum Gasteiger partial charge on any atom is 0.225 e. The van der Waals surface area contributed by atoms with Crippen LogP contribution in [0.2, 0.25) is 5.02 Å². The fraction of sp³-hybridized carbons (Fsp3) is 0.632. The Morgan fingerprint density at radius 2 is 1.79 bits per heavy atom. The highest BCUT2D eigenvalue weighted by Gasteiger charge is 2.28. The summed E-state index contributed by atoms with van der Waals surface area (Å²) >= 11 is 6.09. The average molecular weight is 351 g/mol. The van der Waals surface area contributed by atoms with Gasteiger partial charge in [-0.15, -0.1) is 0 Å². The van der Waals surface area contributed by atoms with Crippen LogP contribution in [-0.4, -0.2) is 55.0 Å². The van der Waals surface area contributed by atoms with E-state index in [4.69, 9.17) is 16.3 Å². The summed E-state index contributed by atoms with van der Waals surface area (Å²) in [5, 5.41) is 0.653. The number of ether oxygens (including phenoxy) is 1. The summed E-state index contributed by atoms with van der Waals surface area (Å²) in [5.41, 5.74) is 0. The Labute approximate surface area is 149 Å². The quantitative estimate of drug-likeness (QED) is 0.815. The molecule has 1 amide bonds. The molecule has 1 heterocycles. The molecule has 4 nitrogen and oxygen atoms in total. The Bertz CT molecular complexity index is 538. The number of amides is 1. The lowest BCUT2D eigenvalue weighted by atomic mass is 9.88. The maximum absolute atomic E-state index is 12.6. The van der Waals surface area contributed by atoms with Crippen LogP contribution in [0.25, 0.3) is 0 Å². The lowest BCUT2D eigenvalue weighted by molar-refractivity contribution is -0.138. The first-order valence-electron chi connectivity index (χ1n) is 9.12. The first-order chi connectivity index (χ1) is 11.7. The molecule has 24 heavy (non-hydrogen) atoms. The molecule has 1 saturated carbocycles. The van der Waals surface area contributed by atoms with E-state index >= 15 is 0 Å². The van der Waals surface area contributed by atoms with Gasteiger partial charge >= 0.3 is 0 Å². The number of hydrogen-bond donors (Lipinski definition) is 0. The Balaban J connectivity index is 1.37. The summed E-state index contributed by atoms with van der Waals surface area (Å²) in [5.74, 6) is 1.42. The number of nitrogens with zero attached hydrogens (tertiary/aromatic N) is 2. The smallest absolute Gasteiger partial charge is 0.225 e. The Morgan fingerprint density at radius 3 is 2.50 bits per heavy atom. The van der Waals surface area contributed by atoms with Gasteiger partial charge in [0.1, 0.15) is 12.4 Å². The second-order valence-electron chi connectivity index (χ2n) is 6.78. The van der Waals surface area contributed by atoms with Crippen molar-refractivity contribution in [3.8, 4) is 5.75 Å². The van der Waals surface area contributed by atoms with Gasteiger partial charge in [0, 0.05) is 38.6 Å². The predicted octanol–water partition coefficient (Wildman–Crippen LogP) is 3.44. The molecule has 1 aliphatic carbocycles. The largest absolute Gasteiger partial charge is 0.491 e. The summed E-state index contributed by atoms with van der Waals surface area (Å²) in [7, 11) is 0. The fourth-order valence-corrected chi connectivity index (χ4v) is 3.84. The van der Waals surface area contributed by atoms with Gasteiger partial charge < -0.3 is 9.64 Å². The number of piperazine rings is 1. The molecule has 1 aromatic carbocycles. The molecule has 0 spiro atoms. The first kappa shape index (κ1) is 17.6. The van der Waals surface area contributed by atoms with Crippen LogP contribution in [0.1, 0.15) is 32.1 Å². The van der Waals surface area contributed by atoms with Crippen LogP contribution < -0.4 is 4.74 Å². The van der Waals surface area contributed by atoms with E-state index in [0.717, 1.165) is 51.3 Å². The lowest BCUT2D eigenvalue weighted by Crippen LogP contribution is -2.51. The molecule has 0 aromatic heterocycles. The molecule has 1 aromatic rings. The van der Waals surface area contributed by atoms with Crippen molar-refractivity contribution in [3.63, 3.8) is 0 Å². The van der Waals surface area contributed by atoms with Crippen molar-refractivity contribution < 1.29 is 9.53 Å². The third-order valence-corrected chi connectivity index (χ3v) is 5.45. The number of benzene rings is 1. The second-order valence-corrected chi connectivity index (χ2v) is 7.19. The Kier molecular flexibility index (Phi) is 6.38. The van der Waals surface area contributed by atoms with Crippen LogP contribution in [0.15, 0.2) is 24.3 Å². The topological polar surface area (TPSA) is 32.8 Å². The number of para-hydroxylation sites is 1. The molecule has 1 saturated heterocycles. The SMILES string of the molecule is O=C(C1CCCCC1)N1CCN(CCOc2ccccc2Cl)CC1. The van der Waals surface area contributed by atoms with Crippen molar-refractivity contribution in [2.45, 2.75) is 32.1 Å². The normalized spacial score (nSPS) is 20.1. The molecule has 2 fully saturated rings. The van der Waals surface area contributed by atoms with E-state index in [2.05, 4.69) is 9.80 Å². The van der Waals surface area contributed by atoms with Gasteiger partial charge in [-0.05, 0) is 25.0 Å². The minimum Gasteiger partial charge on any atom is -0.491 e. The summed E-state index contributed by atoms with van der Waals surface area (Å²) in [6, 6.07) is 7.56. The predicted molar refractivity (Wildman–Crippen MR) is 96.5 cm³/mol. The third-order valence-electron chi connectivity index (χ3n) is 5.14. The number of carbonyl (C=O) groups excluding carboxylic acids is 1. The zero-order valence-corrected chi connectivity index (χ0v) is 15.0. The highest BCUT2D eigenvalue weighted by molar-refractivity contribution is 6.32. The Hall–Kier alpha value is -1.26. The molecule has 0 unspecified atom stereocenters. The second kappa shape index (κ2) is 8.72. The molecule has 132 valence electrons. The zero-order valence-electron chi connectivity index (χ0n) is 14.3. The van der Waals surface area contributed by atoms with E-state index in [1.54, 1.807) is 0 Å². The van der Waals surface area contributed by atoms with Crippen LogP contribution in [0, 0.1) is 5.92 Å². The highest BCUT2D eigenvalue weighted by Crippen LogP contribution is 2.26. The summed E-state index contributed by atoms with van der Waals surface area (Å²) in [4.78, 5) is 17.0. The summed E-state index contributed by atoms with van der Waals surface area (Å²) < 4.78 is 5.75. The van der Waals surface area contributed by atoms with E-state index in [0.29, 0.717) is 17.5 Å². The fourth-order valence-electron chi connectivity index (χ4n) is 3.65. The molecule has 3 rings (SSSR count). The van der Waals surface area contributed by atoms with Gasteiger partial charge in [-0.3, -0.25) is 9.69 Å². The molecule has 1 aliphatic heterocycles. The van der Waals surface area contributed by atoms with E-state index in [1.165, 1.54) is 19.3 Å². The monoisotopic (exact) mass is 350 g/mol. The zero-order chi connectivity index (χ0) is 16.8. The van der Waals surface area contributed by atoms with Gasteiger partial charge in [-0.25, -0.2) is 0 Å². The minimum atomic E-state index is 0.286. The van der Waals surface area contributed by atoms with Gasteiger partial charge in [-0.2, -0.15) is 0 Å². The van der Waals surface area contributed by atoms with Crippen LogP contribution >= 0.6 is 11.6 Å². The highest BCUT2D eigenvalue weighted by atomic mass is 35.5. The molecule has 0 atom stereocenters. The van der Waals surface area contributed by atoms with E-state index in [1.807, 2.05) is 24.3 Å². The summed E-state index contributed by atoms with van der Waals surface area (Å²) in [6.07, 6.45) is 5.91. The van der Waals surface area contributed by atoms with Gasteiger partial charge in [-0.1, -0.05) is 43.0 Å². The average Bonchev–Trinajstić information content (AvgIpc) is 2.64. The Morgan fingerprint density at radius 1 is 1.08 bits per heavy atom. The molecular formula is C19H27ClN2O2. The van der Waals surface area contributed by atoms with Crippen molar-refractivity contribution >= 4 is 17.5 Å². The molecule has 5 heteroatoms. The van der Waals surface area contributed by atoms with Crippen molar-refractivity contribution in [3.05, 3.63) is 29.3 Å². The molecule has 0 radical (unpaired) electrons. The summed E-state index contributed by atoms with van der Waals surface area (Å²) in [6.45, 7) is 5.06. The van der Waals surface area contributed by atoms with Crippen molar-refractivity contribution in [1.82, 2.24) is 9.80 Å². The number of hydrogen-bond acceptors (Lipinski definition) is 3. The van der Waals surface area contributed by atoms with Crippen molar-refractivity contribution in [2.24, 2.45) is 5.92 Å². The standard InChI is InChI=1S/C19H27ClN2O2/c20-17-8-4-5-9-18(17)24-15-14-21-10-12-22(13-11-21)19(23)16-6-2-1-3-7-16/h4-5,8-9,16H,1-3,6-7,10-15H2. The van der Waals surface area contributed by atoms with Crippen LogP contribution in [-0.2, 0) is 4.79 Å². The van der Waals surface area contributed by atoms with Crippen LogP contribution in [0.3, 0.4) is 0 Å². The first-order valence-corrected chi connectivity index (χ1v) is 9.50. The lowest BCUT2D eigenvalue weighted by Gasteiger charge is -2.37. The van der Waals surface area contributed by atoms with Gasteiger partial charge in [0.25, 0.3) is 0 Å². The van der Waals surface area contributed by atoms with Crippen LogP contribution in [0.4, 0.5) is 0 Å². The number of rotatable bonds is 5. The van der Waals surface area contributed by atoms with Gasteiger partial charge in [0.2, 0.25) is 5.91 Å². The maximum atomic E-state index is 12.6. The van der Waals surface area contributed by atoms with Gasteiger partial charge in [0.05, 0.1) is 5.02 Å². The van der Waals surface area contributed by atoms with Gasteiger partial charge in [0.15, 0.2) is 0 Å². The minimum absolute atomic E-state index is 0.286. The molecule has 0 N–H and O–H groups in total. The van der Waals surface area contributed by atoms with Crippen molar-refractivity contribution in [1.29, 1.82) is 0 Å². The third kappa shape index (κ3) is 4.64.